The number of nitrogens with one attached hydrogen (secondary N) is 1. The fourth-order valence-corrected chi connectivity index (χ4v) is 1.92. The molecule has 2 aromatic carbocycles. The molecule has 21 heavy (non-hydrogen) atoms. The van der Waals surface area contributed by atoms with Crippen LogP contribution in [0.15, 0.2) is 48.5 Å². The van der Waals surface area contributed by atoms with Crippen molar-refractivity contribution in [2.45, 2.75) is 6.42 Å². The number of hydrogen-bond donors (Lipinski definition) is 3. The van der Waals surface area contributed by atoms with Crippen LogP contribution in [0.25, 0.3) is 0 Å². The zero-order chi connectivity index (χ0) is 15.1. The first-order chi connectivity index (χ1) is 10.2. The van der Waals surface area contributed by atoms with E-state index in [9.17, 15) is 4.79 Å². The number of nitrogen functional groups attached to an aromatic ring is 1. The second-order valence-electron chi connectivity index (χ2n) is 4.61. The maximum absolute atomic E-state index is 11.3. The molecule has 5 nitrogen and oxygen atoms in total. The van der Waals surface area contributed by atoms with Crippen molar-refractivity contribution in [1.82, 2.24) is 0 Å². The second-order valence-corrected chi connectivity index (χ2v) is 4.61. The normalized spacial score (nSPS) is 10.1. The highest BCUT2D eigenvalue weighted by Gasteiger charge is 2.07. The molecule has 0 heterocycles. The van der Waals surface area contributed by atoms with Gasteiger partial charge in [-0.2, -0.15) is 0 Å². The summed E-state index contributed by atoms with van der Waals surface area (Å²) in [5.41, 5.74) is 12.6. The van der Waals surface area contributed by atoms with Gasteiger partial charge in [0.15, 0.2) is 0 Å². The van der Waals surface area contributed by atoms with Crippen LogP contribution in [0.2, 0.25) is 0 Å². The molecule has 5 heteroatoms. The highest BCUT2D eigenvalue weighted by atomic mass is 16.5. The lowest BCUT2D eigenvalue weighted by molar-refractivity contribution is 0.100. The first kappa shape index (κ1) is 14.7. The largest absolute Gasteiger partial charge is 0.494 e. The molecule has 0 aliphatic carbocycles. The number of carbonyl (C=O) groups is 1. The number of amides is 1. The van der Waals surface area contributed by atoms with Gasteiger partial charge in [0.2, 0.25) is 0 Å². The maximum Gasteiger partial charge on any atom is 0.250 e. The minimum absolute atomic E-state index is 0.402. The van der Waals surface area contributed by atoms with Crippen LogP contribution in [0.5, 0.6) is 5.75 Å². The van der Waals surface area contributed by atoms with Crippen molar-refractivity contribution in [3.05, 3.63) is 54.1 Å². The number of ether oxygens (including phenoxy) is 1. The van der Waals surface area contributed by atoms with E-state index in [0.717, 1.165) is 12.2 Å². The van der Waals surface area contributed by atoms with Crippen molar-refractivity contribution in [3.8, 4) is 5.75 Å². The average molecular weight is 285 g/mol. The Kier molecular flexibility index (Phi) is 5.04. The fraction of sp³-hybridized carbons (Fsp3) is 0.188. The van der Waals surface area contributed by atoms with E-state index in [-0.39, 0.29) is 0 Å². The first-order valence-corrected chi connectivity index (χ1v) is 6.78. The van der Waals surface area contributed by atoms with Gasteiger partial charge in [-0.25, -0.2) is 0 Å². The van der Waals surface area contributed by atoms with Gasteiger partial charge >= 0.3 is 0 Å². The topological polar surface area (TPSA) is 90.4 Å². The summed E-state index contributed by atoms with van der Waals surface area (Å²) in [5.74, 6) is 0.355. The third-order valence-corrected chi connectivity index (χ3v) is 2.96. The second kappa shape index (κ2) is 7.19. The molecule has 0 aromatic heterocycles. The Morgan fingerprint density at radius 1 is 1.14 bits per heavy atom. The van der Waals surface area contributed by atoms with Crippen LogP contribution in [-0.4, -0.2) is 19.1 Å². The van der Waals surface area contributed by atoms with E-state index in [2.05, 4.69) is 5.32 Å². The van der Waals surface area contributed by atoms with E-state index in [1.54, 1.807) is 18.2 Å². The van der Waals surface area contributed by atoms with Gasteiger partial charge < -0.3 is 21.5 Å². The molecule has 2 rings (SSSR count). The summed E-state index contributed by atoms with van der Waals surface area (Å²) < 4.78 is 5.59. The van der Waals surface area contributed by atoms with E-state index in [4.69, 9.17) is 16.2 Å². The molecule has 2 aromatic rings. The van der Waals surface area contributed by atoms with E-state index in [0.29, 0.717) is 30.1 Å². The summed E-state index contributed by atoms with van der Waals surface area (Å²) in [6.45, 7) is 1.27. The first-order valence-electron chi connectivity index (χ1n) is 6.78. The zero-order valence-corrected chi connectivity index (χ0v) is 11.7. The van der Waals surface area contributed by atoms with Crippen LogP contribution in [-0.2, 0) is 0 Å². The molecule has 0 fully saturated rings. The summed E-state index contributed by atoms with van der Waals surface area (Å²) in [5, 5.41) is 3.17. The Morgan fingerprint density at radius 3 is 2.62 bits per heavy atom. The molecule has 0 saturated heterocycles. The van der Waals surface area contributed by atoms with Crippen molar-refractivity contribution in [3.63, 3.8) is 0 Å². The van der Waals surface area contributed by atoms with Crippen molar-refractivity contribution in [2.24, 2.45) is 5.73 Å². The van der Waals surface area contributed by atoms with Crippen LogP contribution in [0.3, 0.4) is 0 Å². The summed E-state index contributed by atoms with van der Waals surface area (Å²) >= 11 is 0. The summed E-state index contributed by atoms with van der Waals surface area (Å²) in [6.07, 6.45) is 0.803. The summed E-state index contributed by atoms with van der Waals surface area (Å²) in [4.78, 5) is 11.3. The predicted molar refractivity (Wildman–Crippen MR) is 84.4 cm³/mol. The molecule has 0 bridgehead atoms. The Balaban J connectivity index is 1.80. The van der Waals surface area contributed by atoms with Gasteiger partial charge in [-0.05, 0) is 36.8 Å². The smallest absolute Gasteiger partial charge is 0.250 e. The van der Waals surface area contributed by atoms with Gasteiger partial charge in [0.1, 0.15) is 5.75 Å². The number of rotatable bonds is 7. The molecule has 110 valence electrons. The van der Waals surface area contributed by atoms with Crippen LogP contribution >= 0.6 is 0 Å². The number of para-hydroxylation sites is 1. The quantitative estimate of drug-likeness (QED) is 0.537. The number of primary amides is 1. The SMILES string of the molecule is NC(=O)c1cc(N)ccc1NCCCOc1ccccc1. The third kappa shape index (κ3) is 4.42. The molecule has 0 spiro atoms. The predicted octanol–water partition coefficient (Wildman–Crippen LogP) is 2.25. The molecule has 1 amide bonds. The number of hydrogen-bond acceptors (Lipinski definition) is 4. The van der Waals surface area contributed by atoms with E-state index in [1.807, 2.05) is 30.3 Å². The highest BCUT2D eigenvalue weighted by molar-refractivity contribution is 5.99. The Bertz CT molecular complexity index is 600. The van der Waals surface area contributed by atoms with Crippen molar-refractivity contribution in [2.75, 3.05) is 24.2 Å². The van der Waals surface area contributed by atoms with Crippen molar-refractivity contribution >= 4 is 17.3 Å². The number of nitrogens with two attached hydrogens (primary N) is 2. The lowest BCUT2D eigenvalue weighted by atomic mass is 10.1. The minimum atomic E-state index is -0.495. The van der Waals surface area contributed by atoms with Crippen molar-refractivity contribution in [1.29, 1.82) is 0 Å². The summed E-state index contributed by atoms with van der Waals surface area (Å²) in [7, 11) is 0. The monoisotopic (exact) mass is 285 g/mol. The van der Waals surface area contributed by atoms with E-state index >= 15 is 0 Å². The van der Waals surface area contributed by atoms with E-state index < -0.39 is 5.91 Å². The van der Waals surface area contributed by atoms with Gasteiger partial charge in [-0.1, -0.05) is 18.2 Å². The molecule has 5 N–H and O–H groups in total. The van der Waals surface area contributed by atoms with Gasteiger partial charge in [-0.3, -0.25) is 4.79 Å². The zero-order valence-electron chi connectivity index (χ0n) is 11.7. The summed E-state index contributed by atoms with van der Waals surface area (Å²) in [6, 6.07) is 14.7. The molecule has 0 unspecified atom stereocenters. The lowest BCUT2D eigenvalue weighted by Crippen LogP contribution is -2.16. The Labute approximate surface area is 123 Å². The Morgan fingerprint density at radius 2 is 1.90 bits per heavy atom. The third-order valence-electron chi connectivity index (χ3n) is 2.96. The standard InChI is InChI=1S/C16H19N3O2/c17-12-7-8-15(14(11-12)16(18)20)19-9-4-10-21-13-5-2-1-3-6-13/h1-3,5-8,11,19H,4,9-10,17H2,(H2,18,20). The highest BCUT2D eigenvalue weighted by Crippen LogP contribution is 2.18. The molecular formula is C16H19N3O2. The molecule has 0 atom stereocenters. The molecule has 0 aliphatic heterocycles. The number of carbonyl (C=O) groups excluding carboxylic acids is 1. The lowest BCUT2D eigenvalue weighted by Gasteiger charge is -2.11. The molecule has 0 aliphatic rings. The average Bonchev–Trinajstić information content (AvgIpc) is 2.49. The van der Waals surface area contributed by atoms with Gasteiger partial charge in [0.25, 0.3) is 5.91 Å². The molecular weight excluding hydrogens is 266 g/mol. The van der Waals surface area contributed by atoms with E-state index in [1.165, 1.54) is 0 Å². The fourth-order valence-electron chi connectivity index (χ4n) is 1.92. The van der Waals surface area contributed by atoms with Crippen LogP contribution < -0.4 is 21.5 Å². The maximum atomic E-state index is 11.3. The molecule has 0 radical (unpaired) electrons. The number of benzene rings is 2. The number of anilines is 2. The minimum Gasteiger partial charge on any atom is -0.494 e. The van der Waals surface area contributed by atoms with Gasteiger partial charge in [0, 0.05) is 17.9 Å². The molecule has 0 saturated carbocycles. The van der Waals surface area contributed by atoms with Crippen LogP contribution in [0, 0.1) is 0 Å². The Hall–Kier alpha value is -2.69. The van der Waals surface area contributed by atoms with Crippen LogP contribution in [0.4, 0.5) is 11.4 Å². The van der Waals surface area contributed by atoms with Crippen molar-refractivity contribution < 1.29 is 9.53 Å². The van der Waals surface area contributed by atoms with Crippen LogP contribution in [0.1, 0.15) is 16.8 Å². The van der Waals surface area contributed by atoms with Gasteiger partial charge in [-0.15, -0.1) is 0 Å². The van der Waals surface area contributed by atoms with Gasteiger partial charge in [0.05, 0.1) is 12.2 Å².